The van der Waals surface area contributed by atoms with Gasteiger partial charge in [-0.25, -0.2) is 5.01 Å². The molecule has 0 aromatic heterocycles. The summed E-state index contributed by atoms with van der Waals surface area (Å²) in [5.74, 6) is 0.798. The summed E-state index contributed by atoms with van der Waals surface area (Å²) < 4.78 is 17.2. The topological polar surface area (TPSA) is 104 Å². The molecule has 4 unspecified atom stereocenters. The van der Waals surface area contributed by atoms with Crippen LogP contribution in [0.15, 0.2) is 23.3 Å². The highest BCUT2D eigenvalue weighted by Crippen LogP contribution is 2.48. The highest BCUT2D eigenvalue weighted by atomic mass is 16.5. The minimum atomic E-state index is -0.973. The number of amides is 1. The molecule has 8 heteroatoms. The van der Waals surface area contributed by atoms with Gasteiger partial charge in [0.1, 0.15) is 17.5 Å². The number of hydrogen-bond donors (Lipinski definition) is 1. The second kappa shape index (κ2) is 6.76. The van der Waals surface area contributed by atoms with Gasteiger partial charge in [0, 0.05) is 18.6 Å². The summed E-state index contributed by atoms with van der Waals surface area (Å²) in [6, 6.07) is 7.15. The van der Waals surface area contributed by atoms with Crippen LogP contribution in [0.3, 0.4) is 0 Å². The number of ether oxygens (including phenoxy) is 3. The van der Waals surface area contributed by atoms with Crippen LogP contribution in [0.25, 0.3) is 0 Å². The Kier molecular flexibility index (Phi) is 4.52. The lowest BCUT2D eigenvalue weighted by Gasteiger charge is -2.42. The van der Waals surface area contributed by atoms with E-state index in [2.05, 4.69) is 11.2 Å². The van der Waals surface area contributed by atoms with Crippen molar-refractivity contribution >= 4 is 11.8 Å². The molecule has 1 aromatic rings. The molecule has 0 spiro atoms. The maximum atomic E-state index is 12.4. The summed E-state index contributed by atoms with van der Waals surface area (Å²) in [4.78, 5) is 12.4. The number of carbonyl (C=O) groups is 1. The van der Waals surface area contributed by atoms with Crippen LogP contribution >= 0.6 is 0 Å². The minimum Gasteiger partial charge on any atom is -0.485 e. The summed E-state index contributed by atoms with van der Waals surface area (Å²) in [7, 11) is 1.57. The van der Waals surface area contributed by atoms with E-state index < -0.39 is 17.8 Å². The molecule has 148 valence electrons. The number of hydrazone groups is 1. The van der Waals surface area contributed by atoms with E-state index in [1.807, 2.05) is 0 Å². The zero-order chi connectivity index (χ0) is 20.1. The van der Waals surface area contributed by atoms with Crippen molar-refractivity contribution in [3.63, 3.8) is 0 Å². The fraction of sp³-hybridized carbons (Fsp3) is 0.550. The molecular weight excluding hydrogens is 362 g/mol. The van der Waals surface area contributed by atoms with Crippen molar-refractivity contribution in [2.45, 2.75) is 38.1 Å². The van der Waals surface area contributed by atoms with Crippen LogP contribution in [0, 0.1) is 23.2 Å². The fourth-order valence-electron chi connectivity index (χ4n) is 3.69. The lowest BCUT2D eigenvalue weighted by atomic mass is 9.87. The van der Waals surface area contributed by atoms with Crippen LogP contribution < -0.4 is 4.74 Å². The number of aliphatic hydroxyl groups excluding tert-OH is 1. The predicted octanol–water partition coefficient (Wildman–Crippen LogP) is 1.59. The van der Waals surface area contributed by atoms with E-state index in [9.17, 15) is 15.2 Å². The van der Waals surface area contributed by atoms with Crippen LogP contribution in [0.5, 0.6) is 5.75 Å². The van der Waals surface area contributed by atoms with Crippen molar-refractivity contribution in [3.8, 4) is 11.8 Å². The Morgan fingerprint density at radius 1 is 1.43 bits per heavy atom. The Morgan fingerprint density at radius 2 is 2.21 bits per heavy atom. The van der Waals surface area contributed by atoms with Crippen molar-refractivity contribution in [1.82, 2.24) is 5.01 Å². The second-order valence-corrected chi connectivity index (χ2v) is 7.89. The van der Waals surface area contributed by atoms with E-state index in [4.69, 9.17) is 14.2 Å². The van der Waals surface area contributed by atoms with Gasteiger partial charge in [-0.15, -0.1) is 5.10 Å². The Bertz CT molecular complexity index is 875. The number of fused-ring (bicyclic) bond motifs is 2. The van der Waals surface area contributed by atoms with Crippen molar-refractivity contribution in [3.05, 3.63) is 29.3 Å². The highest BCUT2D eigenvalue weighted by molar-refractivity contribution is 5.96. The third-order valence-corrected chi connectivity index (χ3v) is 5.47. The van der Waals surface area contributed by atoms with Crippen LogP contribution in [0.1, 0.15) is 37.5 Å². The summed E-state index contributed by atoms with van der Waals surface area (Å²) in [5.41, 5.74) is 0.177. The number of hydrogen-bond acceptors (Lipinski definition) is 7. The molecule has 0 radical (unpaired) electrons. The van der Waals surface area contributed by atoms with E-state index in [0.717, 1.165) is 0 Å². The molecule has 4 atom stereocenters. The largest absolute Gasteiger partial charge is 0.485 e. The van der Waals surface area contributed by atoms with Crippen molar-refractivity contribution in [1.29, 1.82) is 5.26 Å². The Labute approximate surface area is 163 Å². The molecule has 1 saturated carbocycles. The fourth-order valence-corrected chi connectivity index (χ4v) is 3.69. The zero-order valence-corrected chi connectivity index (χ0v) is 16.1. The third-order valence-electron chi connectivity index (χ3n) is 5.47. The molecule has 3 aliphatic rings. The molecular formula is C20H23N3O5. The summed E-state index contributed by atoms with van der Waals surface area (Å²) in [6.07, 6.45) is -1.03. The first-order valence-electron chi connectivity index (χ1n) is 9.32. The summed E-state index contributed by atoms with van der Waals surface area (Å²) in [5, 5.41) is 25.9. The Morgan fingerprint density at radius 3 is 2.93 bits per heavy atom. The normalized spacial score (nSPS) is 29.8. The first kappa shape index (κ1) is 18.7. The molecule has 1 fully saturated rings. The molecule has 4 rings (SSSR count). The number of methoxy groups -OCH3 is 1. The quantitative estimate of drug-likeness (QED) is 0.844. The molecule has 0 saturated heterocycles. The van der Waals surface area contributed by atoms with Gasteiger partial charge >= 0.3 is 0 Å². The first-order valence-corrected chi connectivity index (χ1v) is 9.32. The number of nitriles is 1. The number of rotatable bonds is 4. The molecule has 8 nitrogen and oxygen atoms in total. The van der Waals surface area contributed by atoms with E-state index in [0.29, 0.717) is 42.3 Å². The van der Waals surface area contributed by atoms with Crippen LogP contribution in [0.4, 0.5) is 0 Å². The van der Waals surface area contributed by atoms with Gasteiger partial charge in [0.15, 0.2) is 6.10 Å². The Hall–Kier alpha value is -2.63. The van der Waals surface area contributed by atoms with E-state index >= 15 is 0 Å². The maximum Gasteiger partial charge on any atom is 0.246 e. The molecule has 0 bridgehead atoms. The SMILES string of the molecule is COCCN1N=C(OC2c3cc(C#N)ccc3OC(C)(C)C2O)C2CC2C1=O. The highest BCUT2D eigenvalue weighted by Gasteiger charge is 2.54. The molecule has 2 aliphatic heterocycles. The standard InChI is InChI=1S/C20H23N3O5/c1-20(2)17(24)16(14-8-11(10-21)4-5-15(14)28-20)27-18-12-9-13(12)19(25)23(22-18)6-7-26-3/h4-5,8,12-13,16-17,24H,6-7,9H2,1-3H3. The van der Waals surface area contributed by atoms with Crippen LogP contribution in [-0.4, -0.2) is 53.9 Å². The van der Waals surface area contributed by atoms with Gasteiger partial charge in [-0.3, -0.25) is 4.79 Å². The molecule has 1 amide bonds. The van der Waals surface area contributed by atoms with Gasteiger partial charge < -0.3 is 19.3 Å². The van der Waals surface area contributed by atoms with Crippen molar-refractivity contribution in [2.75, 3.05) is 20.3 Å². The molecule has 1 N–H and O–H groups in total. The third kappa shape index (κ3) is 3.11. The predicted molar refractivity (Wildman–Crippen MR) is 98.3 cm³/mol. The van der Waals surface area contributed by atoms with Crippen molar-refractivity contribution < 1.29 is 24.1 Å². The molecule has 28 heavy (non-hydrogen) atoms. The lowest BCUT2D eigenvalue weighted by molar-refractivity contribution is -0.135. The van der Waals surface area contributed by atoms with Gasteiger partial charge in [-0.05, 0) is 38.5 Å². The summed E-state index contributed by atoms with van der Waals surface area (Å²) in [6.45, 7) is 4.29. The zero-order valence-electron chi connectivity index (χ0n) is 16.1. The van der Waals surface area contributed by atoms with Gasteiger partial charge in [0.25, 0.3) is 0 Å². The van der Waals surface area contributed by atoms with Crippen LogP contribution in [-0.2, 0) is 14.3 Å². The average Bonchev–Trinajstić information content (AvgIpc) is 3.47. The molecule has 1 aromatic carbocycles. The Balaban J connectivity index is 1.67. The minimum absolute atomic E-state index is 0.0191. The van der Waals surface area contributed by atoms with E-state index in [1.54, 1.807) is 39.2 Å². The van der Waals surface area contributed by atoms with Crippen molar-refractivity contribution in [2.24, 2.45) is 16.9 Å². The molecule has 1 aliphatic carbocycles. The van der Waals surface area contributed by atoms with E-state index in [-0.39, 0.29) is 17.7 Å². The molecule has 2 heterocycles. The van der Waals surface area contributed by atoms with E-state index in [1.165, 1.54) is 5.01 Å². The van der Waals surface area contributed by atoms with Gasteiger partial charge in [0.2, 0.25) is 11.8 Å². The average molecular weight is 385 g/mol. The van der Waals surface area contributed by atoms with Gasteiger partial charge in [-0.2, -0.15) is 5.26 Å². The number of carbonyl (C=O) groups excluding carboxylic acids is 1. The monoisotopic (exact) mass is 385 g/mol. The summed E-state index contributed by atoms with van der Waals surface area (Å²) >= 11 is 0. The lowest BCUT2D eigenvalue weighted by Crippen LogP contribution is -2.50. The first-order chi connectivity index (χ1) is 13.4. The second-order valence-electron chi connectivity index (χ2n) is 7.89. The smallest absolute Gasteiger partial charge is 0.246 e. The number of benzene rings is 1. The number of nitrogens with zero attached hydrogens (tertiary/aromatic N) is 3. The van der Waals surface area contributed by atoms with Gasteiger partial charge in [0.05, 0.1) is 30.7 Å². The number of aliphatic hydroxyl groups is 1. The van der Waals surface area contributed by atoms with Crippen LogP contribution in [0.2, 0.25) is 0 Å². The van der Waals surface area contributed by atoms with Gasteiger partial charge in [-0.1, -0.05) is 0 Å². The maximum absolute atomic E-state index is 12.4.